The molecule has 0 radical (unpaired) electrons. The van der Waals surface area contributed by atoms with Gasteiger partial charge >= 0.3 is 0 Å². The molecule has 0 spiro atoms. The summed E-state index contributed by atoms with van der Waals surface area (Å²) in [4.78, 5) is 9.18. The van der Waals surface area contributed by atoms with Gasteiger partial charge in [0.05, 0.1) is 42.4 Å². The molecule has 1 atom stereocenters. The molecule has 1 saturated heterocycles. The van der Waals surface area contributed by atoms with Gasteiger partial charge < -0.3 is 25.2 Å². The van der Waals surface area contributed by atoms with Crippen LogP contribution in [0.25, 0.3) is 11.3 Å². The second-order valence-corrected chi connectivity index (χ2v) is 9.58. The predicted molar refractivity (Wildman–Crippen MR) is 135 cm³/mol. The van der Waals surface area contributed by atoms with E-state index in [-0.39, 0.29) is 6.61 Å². The fraction of sp³-hybridized carbons (Fsp3) is 0.462. The number of fused-ring (bicyclic) bond motifs is 1. The smallest absolute Gasteiger partial charge is 0.228 e. The minimum absolute atomic E-state index is 0.0151. The molecule has 1 aromatic carbocycles. The zero-order valence-electron chi connectivity index (χ0n) is 20.6. The highest BCUT2D eigenvalue weighted by Crippen LogP contribution is 2.41. The van der Waals surface area contributed by atoms with Gasteiger partial charge in [-0.25, -0.2) is 14.6 Å². The van der Waals surface area contributed by atoms with Crippen LogP contribution in [0, 0.1) is 11.3 Å². The Hall–Kier alpha value is -3.52. The third-order valence-corrected chi connectivity index (χ3v) is 7.05. The summed E-state index contributed by atoms with van der Waals surface area (Å²) in [5.41, 5.74) is 4.30. The van der Waals surface area contributed by atoms with Crippen molar-refractivity contribution in [1.29, 1.82) is 5.26 Å². The average Bonchev–Trinajstić information content (AvgIpc) is 3.48. The summed E-state index contributed by atoms with van der Waals surface area (Å²) in [7, 11) is 1.67. The number of methoxy groups -OCH3 is 1. The fourth-order valence-electron chi connectivity index (χ4n) is 4.84. The zero-order valence-corrected chi connectivity index (χ0v) is 20.6. The molecule has 188 valence electrons. The highest BCUT2D eigenvalue weighted by Gasteiger charge is 2.36. The Kier molecular flexibility index (Phi) is 6.87. The van der Waals surface area contributed by atoms with Crippen LogP contribution in [0.2, 0.25) is 0 Å². The van der Waals surface area contributed by atoms with Gasteiger partial charge in [-0.3, -0.25) is 0 Å². The first kappa shape index (κ1) is 24.2. The molecule has 3 N–H and O–H groups in total. The average molecular weight is 490 g/mol. The van der Waals surface area contributed by atoms with E-state index >= 15 is 0 Å². The fourth-order valence-corrected chi connectivity index (χ4v) is 4.84. The molecule has 4 heterocycles. The van der Waals surface area contributed by atoms with Crippen LogP contribution in [0.1, 0.15) is 42.5 Å². The second-order valence-electron chi connectivity index (χ2n) is 9.58. The second kappa shape index (κ2) is 10.2. The Morgan fingerprint density at radius 3 is 2.92 bits per heavy atom. The molecular formula is C26H31N7O3. The number of rotatable bonds is 8. The lowest BCUT2D eigenvalue weighted by Gasteiger charge is -2.21. The van der Waals surface area contributed by atoms with Gasteiger partial charge in [-0.1, -0.05) is 6.92 Å². The molecule has 5 rings (SSSR count). The molecule has 0 aliphatic carbocycles. The van der Waals surface area contributed by atoms with Gasteiger partial charge in [0.1, 0.15) is 11.9 Å². The molecule has 0 saturated carbocycles. The number of aromatic nitrogens is 4. The van der Waals surface area contributed by atoms with E-state index in [1.807, 2.05) is 29.8 Å². The van der Waals surface area contributed by atoms with Crippen LogP contribution in [-0.4, -0.2) is 64.9 Å². The Balaban J connectivity index is 1.46. The molecule has 0 amide bonds. The minimum atomic E-state index is -0.459. The lowest BCUT2D eigenvalue weighted by Crippen LogP contribution is -2.28. The summed E-state index contributed by atoms with van der Waals surface area (Å²) >= 11 is 0. The Labute approximate surface area is 210 Å². The molecule has 10 heteroatoms. The van der Waals surface area contributed by atoms with Crippen LogP contribution in [0.15, 0.2) is 30.5 Å². The largest absolute Gasteiger partial charge is 0.395 e. The molecule has 2 aliphatic rings. The van der Waals surface area contributed by atoms with E-state index in [9.17, 15) is 10.4 Å². The van der Waals surface area contributed by atoms with E-state index in [1.165, 1.54) is 0 Å². The van der Waals surface area contributed by atoms with Gasteiger partial charge in [-0.15, -0.1) is 0 Å². The van der Waals surface area contributed by atoms with Crippen molar-refractivity contribution in [2.45, 2.75) is 37.6 Å². The van der Waals surface area contributed by atoms with E-state index in [2.05, 4.69) is 27.8 Å². The number of benzene rings is 1. The lowest BCUT2D eigenvalue weighted by atomic mass is 9.83. The van der Waals surface area contributed by atoms with Gasteiger partial charge in [-0.2, -0.15) is 10.4 Å². The van der Waals surface area contributed by atoms with Crippen LogP contribution in [0.4, 0.5) is 17.5 Å². The van der Waals surface area contributed by atoms with Crippen LogP contribution in [0.5, 0.6) is 0 Å². The quantitative estimate of drug-likeness (QED) is 0.437. The maximum absolute atomic E-state index is 10.0. The molecule has 2 aromatic heterocycles. The molecule has 1 fully saturated rings. The van der Waals surface area contributed by atoms with Gasteiger partial charge in [-0.05, 0) is 36.6 Å². The number of aliphatic hydroxyl groups is 1. The first-order chi connectivity index (χ1) is 17.5. The number of aliphatic hydroxyl groups excluding tert-OH is 1. The maximum atomic E-state index is 10.0. The van der Waals surface area contributed by atoms with Crippen LogP contribution < -0.4 is 10.6 Å². The minimum Gasteiger partial charge on any atom is -0.395 e. The van der Waals surface area contributed by atoms with Gasteiger partial charge in [0.2, 0.25) is 5.95 Å². The first-order valence-corrected chi connectivity index (χ1v) is 12.2. The number of nitriles is 1. The number of nitrogens with one attached hydrogen (secondary N) is 2. The van der Waals surface area contributed by atoms with Gasteiger partial charge in [0.15, 0.2) is 0 Å². The standard InChI is InChI=1S/C26H31N7O3/c1-26(16-34)15-29-24-19(14-27)11-18(12-20(24)26)21-3-6-28-25(30-21)31-23-13-22(17-4-8-36-9-5-17)32-33(23)7-10-35-2/h3,6,11-13,17,29,34H,4-5,7-10,15-16H2,1-2H3,(H,28,30,31)/t26-/m1/s1. The summed E-state index contributed by atoms with van der Waals surface area (Å²) in [5, 5.41) is 31.2. The topological polar surface area (TPSA) is 130 Å². The van der Waals surface area contributed by atoms with Crippen molar-refractivity contribution >= 4 is 17.5 Å². The Morgan fingerprint density at radius 1 is 1.33 bits per heavy atom. The lowest BCUT2D eigenvalue weighted by molar-refractivity contribution is 0.0843. The SMILES string of the molecule is COCCn1nc(C2CCOCC2)cc1Nc1nccc(-c2cc(C#N)c3c(c2)[C@@](C)(CO)CN3)n1. The number of hydrogen-bond acceptors (Lipinski definition) is 9. The van der Waals surface area contributed by atoms with E-state index in [0.29, 0.717) is 42.8 Å². The molecule has 10 nitrogen and oxygen atoms in total. The summed E-state index contributed by atoms with van der Waals surface area (Å²) in [6.07, 6.45) is 3.60. The highest BCUT2D eigenvalue weighted by molar-refractivity contribution is 5.76. The van der Waals surface area contributed by atoms with Crippen molar-refractivity contribution in [3.8, 4) is 17.3 Å². The van der Waals surface area contributed by atoms with E-state index in [1.54, 1.807) is 13.3 Å². The zero-order chi connectivity index (χ0) is 25.1. The third kappa shape index (κ3) is 4.65. The van der Waals surface area contributed by atoms with Crippen molar-refractivity contribution < 1.29 is 14.6 Å². The number of ether oxygens (including phenoxy) is 2. The Morgan fingerprint density at radius 2 is 2.17 bits per heavy atom. The van der Waals surface area contributed by atoms with Crippen molar-refractivity contribution in [2.24, 2.45) is 0 Å². The van der Waals surface area contributed by atoms with E-state index in [4.69, 9.17) is 19.6 Å². The number of nitrogens with zero attached hydrogens (tertiary/aromatic N) is 5. The maximum Gasteiger partial charge on any atom is 0.228 e. The molecule has 2 aliphatic heterocycles. The predicted octanol–water partition coefficient (Wildman–Crippen LogP) is 3.17. The highest BCUT2D eigenvalue weighted by atomic mass is 16.5. The molecule has 3 aromatic rings. The van der Waals surface area contributed by atoms with Crippen molar-refractivity contribution in [3.63, 3.8) is 0 Å². The van der Waals surface area contributed by atoms with Crippen molar-refractivity contribution in [2.75, 3.05) is 50.7 Å². The summed E-state index contributed by atoms with van der Waals surface area (Å²) < 4.78 is 12.7. The van der Waals surface area contributed by atoms with Crippen LogP contribution >= 0.6 is 0 Å². The molecule has 36 heavy (non-hydrogen) atoms. The van der Waals surface area contributed by atoms with Crippen LogP contribution in [0.3, 0.4) is 0 Å². The first-order valence-electron chi connectivity index (χ1n) is 12.2. The van der Waals surface area contributed by atoms with E-state index < -0.39 is 5.41 Å². The third-order valence-electron chi connectivity index (χ3n) is 7.05. The molecular weight excluding hydrogens is 458 g/mol. The monoisotopic (exact) mass is 489 g/mol. The van der Waals surface area contributed by atoms with Crippen molar-refractivity contribution in [3.05, 3.63) is 47.3 Å². The number of anilines is 3. The summed E-state index contributed by atoms with van der Waals surface area (Å²) in [6, 6.07) is 9.99. The summed E-state index contributed by atoms with van der Waals surface area (Å²) in [6.45, 7) is 5.19. The van der Waals surface area contributed by atoms with Gasteiger partial charge in [0.25, 0.3) is 0 Å². The molecule has 0 bridgehead atoms. The normalized spacial score (nSPS) is 19.5. The van der Waals surface area contributed by atoms with Crippen LogP contribution in [-0.2, 0) is 21.4 Å². The van der Waals surface area contributed by atoms with Crippen molar-refractivity contribution in [1.82, 2.24) is 19.7 Å². The van der Waals surface area contributed by atoms with E-state index in [0.717, 1.165) is 54.4 Å². The molecule has 0 unspecified atom stereocenters. The number of hydrogen-bond donors (Lipinski definition) is 3. The summed E-state index contributed by atoms with van der Waals surface area (Å²) in [5.74, 6) is 1.60. The van der Waals surface area contributed by atoms with Gasteiger partial charge in [0, 0.05) is 56.0 Å². The Bertz CT molecular complexity index is 1280.